The van der Waals surface area contributed by atoms with Gasteiger partial charge in [0.15, 0.2) is 0 Å². The number of nitrogens with zero attached hydrogens (tertiary/aromatic N) is 1. The number of benzene rings is 1. The Morgan fingerprint density at radius 3 is 2.90 bits per heavy atom. The minimum absolute atomic E-state index is 0.0309. The summed E-state index contributed by atoms with van der Waals surface area (Å²) in [6.45, 7) is 8.89. The molecule has 0 aromatic heterocycles. The Labute approximate surface area is 121 Å². The van der Waals surface area contributed by atoms with Crippen molar-refractivity contribution in [3.05, 3.63) is 29.3 Å². The van der Waals surface area contributed by atoms with Gasteiger partial charge in [0.25, 0.3) is 5.91 Å². The van der Waals surface area contributed by atoms with E-state index in [0.717, 1.165) is 50.3 Å². The van der Waals surface area contributed by atoms with Crippen molar-refractivity contribution in [3.8, 4) is 0 Å². The van der Waals surface area contributed by atoms with Crippen LogP contribution in [0.2, 0.25) is 0 Å². The van der Waals surface area contributed by atoms with Gasteiger partial charge in [0.1, 0.15) is 0 Å². The predicted molar refractivity (Wildman–Crippen MR) is 83.4 cm³/mol. The first-order chi connectivity index (χ1) is 9.76. The van der Waals surface area contributed by atoms with Gasteiger partial charge in [-0.3, -0.25) is 4.79 Å². The zero-order valence-corrected chi connectivity index (χ0v) is 12.5. The summed E-state index contributed by atoms with van der Waals surface area (Å²) in [6, 6.07) is 5.99. The molecule has 110 valence electrons. The second-order valence-electron chi connectivity index (χ2n) is 5.15. The molecule has 0 saturated carbocycles. The van der Waals surface area contributed by atoms with Crippen molar-refractivity contribution in [2.24, 2.45) is 0 Å². The number of rotatable bonds is 6. The van der Waals surface area contributed by atoms with E-state index in [1.165, 1.54) is 5.56 Å². The molecule has 2 N–H and O–H groups in total. The number of carbonyl (C=O) groups excluding carboxylic acids is 1. The number of likely N-dealkylation sites (N-methyl/N-ethyl adjacent to an activating group) is 1. The highest BCUT2D eigenvalue weighted by atomic mass is 16.1. The van der Waals surface area contributed by atoms with Crippen molar-refractivity contribution in [1.82, 2.24) is 10.2 Å². The standard InChI is InChI=1S/C16H25N3O/c1-3-19(4-2)12-11-18-16(20)14-9-5-7-13-8-6-10-17-15(13)14/h5,7,9,17H,3-4,6,8,10-12H2,1-2H3,(H,18,20). The molecular weight excluding hydrogens is 250 g/mol. The number of anilines is 1. The van der Waals surface area contributed by atoms with Gasteiger partial charge in [0.05, 0.1) is 11.3 Å². The van der Waals surface area contributed by atoms with Crippen molar-refractivity contribution in [1.29, 1.82) is 0 Å². The molecule has 20 heavy (non-hydrogen) atoms. The van der Waals surface area contributed by atoms with Crippen LogP contribution in [0.1, 0.15) is 36.2 Å². The maximum absolute atomic E-state index is 12.3. The molecular formula is C16H25N3O. The second-order valence-corrected chi connectivity index (χ2v) is 5.15. The van der Waals surface area contributed by atoms with Gasteiger partial charge in [-0.2, -0.15) is 0 Å². The van der Waals surface area contributed by atoms with E-state index in [2.05, 4.69) is 35.4 Å². The van der Waals surface area contributed by atoms with Gasteiger partial charge < -0.3 is 15.5 Å². The molecule has 2 rings (SSSR count). The molecule has 0 bridgehead atoms. The first-order valence-corrected chi connectivity index (χ1v) is 7.62. The first-order valence-electron chi connectivity index (χ1n) is 7.62. The van der Waals surface area contributed by atoms with Crippen molar-refractivity contribution in [2.75, 3.05) is 38.0 Å². The highest BCUT2D eigenvalue weighted by molar-refractivity contribution is 6.00. The maximum atomic E-state index is 12.3. The van der Waals surface area contributed by atoms with Gasteiger partial charge in [0, 0.05) is 19.6 Å². The summed E-state index contributed by atoms with van der Waals surface area (Å²) >= 11 is 0. The molecule has 1 aliphatic rings. The SMILES string of the molecule is CCN(CC)CCNC(=O)c1cccc2c1NCCC2. The fraction of sp³-hybridized carbons (Fsp3) is 0.562. The molecule has 0 aliphatic carbocycles. The van der Waals surface area contributed by atoms with E-state index in [4.69, 9.17) is 0 Å². The number of aryl methyl sites for hydroxylation is 1. The monoisotopic (exact) mass is 275 g/mol. The number of para-hydroxylation sites is 1. The Morgan fingerprint density at radius 2 is 2.15 bits per heavy atom. The van der Waals surface area contributed by atoms with Crippen molar-refractivity contribution >= 4 is 11.6 Å². The van der Waals surface area contributed by atoms with Crippen molar-refractivity contribution < 1.29 is 4.79 Å². The molecule has 0 spiro atoms. The predicted octanol–water partition coefficient (Wildman–Crippen LogP) is 2.12. The quantitative estimate of drug-likeness (QED) is 0.836. The summed E-state index contributed by atoms with van der Waals surface area (Å²) in [7, 11) is 0. The third-order valence-corrected chi connectivity index (χ3v) is 3.93. The van der Waals surface area contributed by atoms with E-state index in [-0.39, 0.29) is 5.91 Å². The van der Waals surface area contributed by atoms with Crippen molar-refractivity contribution in [2.45, 2.75) is 26.7 Å². The zero-order chi connectivity index (χ0) is 14.4. The number of hydrogen-bond acceptors (Lipinski definition) is 3. The topological polar surface area (TPSA) is 44.4 Å². The molecule has 1 amide bonds. The Bertz CT molecular complexity index is 455. The van der Waals surface area contributed by atoms with Gasteiger partial charge in [-0.1, -0.05) is 26.0 Å². The van der Waals surface area contributed by atoms with Crippen molar-refractivity contribution in [3.63, 3.8) is 0 Å². The Hall–Kier alpha value is -1.55. The van der Waals surface area contributed by atoms with E-state index in [9.17, 15) is 4.79 Å². The smallest absolute Gasteiger partial charge is 0.253 e. The second kappa shape index (κ2) is 7.29. The van der Waals surface area contributed by atoms with Crippen LogP contribution in [0.4, 0.5) is 5.69 Å². The minimum Gasteiger partial charge on any atom is -0.384 e. The molecule has 0 fully saturated rings. The molecule has 0 unspecified atom stereocenters. The van der Waals surface area contributed by atoms with E-state index in [1.807, 2.05) is 12.1 Å². The average Bonchev–Trinajstić information content (AvgIpc) is 2.51. The molecule has 0 saturated heterocycles. The van der Waals surface area contributed by atoms with E-state index < -0.39 is 0 Å². The molecule has 1 heterocycles. The van der Waals surface area contributed by atoms with Crippen LogP contribution < -0.4 is 10.6 Å². The highest BCUT2D eigenvalue weighted by Crippen LogP contribution is 2.25. The van der Waals surface area contributed by atoms with E-state index in [1.54, 1.807) is 0 Å². The molecule has 1 aromatic rings. The fourth-order valence-electron chi connectivity index (χ4n) is 2.66. The van der Waals surface area contributed by atoms with Crippen LogP contribution in [0, 0.1) is 0 Å². The summed E-state index contributed by atoms with van der Waals surface area (Å²) in [6.07, 6.45) is 2.20. The van der Waals surface area contributed by atoms with Gasteiger partial charge in [-0.05, 0) is 37.6 Å². The number of hydrogen-bond donors (Lipinski definition) is 2. The summed E-state index contributed by atoms with van der Waals surface area (Å²) in [4.78, 5) is 14.6. The van der Waals surface area contributed by atoms with Gasteiger partial charge in [-0.25, -0.2) is 0 Å². The zero-order valence-electron chi connectivity index (χ0n) is 12.5. The molecule has 4 heteroatoms. The lowest BCUT2D eigenvalue weighted by atomic mass is 9.99. The number of amides is 1. The van der Waals surface area contributed by atoms with Crippen LogP contribution in [-0.4, -0.2) is 43.5 Å². The summed E-state index contributed by atoms with van der Waals surface area (Å²) in [5, 5.41) is 6.39. The third kappa shape index (κ3) is 3.51. The lowest BCUT2D eigenvalue weighted by Crippen LogP contribution is -2.35. The number of nitrogens with one attached hydrogen (secondary N) is 2. The molecule has 1 aliphatic heterocycles. The minimum atomic E-state index is 0.0309. The van der Waals surface area contributed by atoms with Crippen LogP contribution in [0.25, 0.3) is 0 Å². The largest absolute Gasteiger partial charge is 0.384 e. The van der Waals surface area contributed by atoms with Crippen LogP contribution in [0.15, 0.2) is 18.2 Å². The van der Waals surface area contributed by atoms with Crippen LogP contribution >= 0.6 is 0 Å². The lowest BCUT2D eigenvalue weighted by Gasteiger charge is -2.21. The maximum Gasteiger partial charge on any atom is 0.253 e. The Kier molecular flexibility index (Phi) is 5.41. The fourth-order valence-corrected chi connectivity index (χ4v) is 2.66. The summed E-state index contributed by atoms with van der Waals surface area (Å²) in [5.74, 6) is 0.0309. The van der Waals surface area contributed by atoms with Crippen LogP contribution in [0.5, 0.6) is 0 Å². The number of carbonyl (C=O) groups is 1. The molecule has 0 radical (unpaired) electrons. The summed E-state index contributed by atoms with van der Waals surface area (Å²) in [5.41, 5.74) is 3.06. The van der Waals surface area contributed by atoms with Crippen LogP contribution in [-0.2, 0) is 6.42 Å². The Balaban J connectivity index is 1.96. The lowest BCUT2D eigenvalue weighted by molar-refractivity contribution is 0.0949. The highest BCUT2D eigenvalue weighted by Gasteiger charge is 2.16. The molecule has 0 atom stereocenters. The van der Waals surface area contributed by atoms with E-state index in [0.29, 0.717) is 6.54 Å². The van der Waals surface area contributed by atoms with Gasteiger partial charge in [-0.15, -0.1) is 0 Å². The van der Waals surface area contributed by atoms with Crippen LogP contribution in [0.3, 0.4) is 0 Å². The summed E-state index contributed by atoms with van der Waals surface area (Å²) < 4.78 is 0. The Morgan fingerprint density at radius 1 is 1.35 bits per heavy atom. The van der Waals surface area contributed by atoms with E-state index >= 15 is 0 Å². The normalized spacial score (nSPS) is 13.8. The van der Waals surface area contributed by atoms with Gasteiger partial charge >= 0.3 is 0 Å². The molecule has 1 aromatic carbocycles. The first kappa shape index (κ1) is 14.9. The van der Waals surface area contributed by atoms with Gasteiger partial charge in [0.2, 0.25) is 0 Å². The molecule has 4 nitrogen and oxygen atoms in total. The average molecular weight is 275 g/mol. The number of fused-ring (bicyclic) bond motifs is 1. The third-order valence-electron chi connectivity index (χ3n) is 3.93.